The van der Waals surface area contributed by atoms with E-state index >= 15 is 0 Å². The molecule has 0 spiro atoms. The molecule has 0 saturated carbocycles. The van der Waals surface area contributed by atoms with Crippen LogP contribution in [0.15, 0.2) is 11.4 Å². The molecule has 17 heavy (non-hydrogen) atoms. The predicted molar refractivity (Wildman–Crippen MR) is 65.8 cm³/mol. The largest absolute Gasteiger partial charge is 0.495 e. The third-order valence-electron chi connectivity index (χ3n) is 1.95. The molecule has 96 valence electrons. The highest BCUT2D eigenvalue weighted by molar-refractivity contribution is 7.89. The molecule has 1 heterocycles. The van der Waals surface area contributed by atoms with Crippen molar-refractivity contribution in [3.63, 3.8) is 0 Å². The number of hydrogen-bond donors (Lipinski definition) is 2. The average Bonchev–Trinajstić information content (AvgIpc) is 2.70. The fourth-order valence-corrected chi connectivity index (χ4v) is 2.50. The van der Waals surface area contributed by atoms with E-state index < -0.39 is 10.0 Å². The number of hydrogen-bond acceptors (Lipinski definition) is 5. The van der Waals surface area contributed by atoms with Crippen molar-refractivity contribution < 1.29 is 17.9 Å². The molecule has 8 heteroatoms. The second kappa shape index (κ2) is 5.99. The van der Waals surface area contributed by atoms with Crippen LogP contribution in [0.2, 0.25) is 0 Å². The fourth-order valence-electron chi connectivity index (χ4n) is 1.18. The summed E-state index contributed by atoms with van der Waals surface area (Å²) in [4.78, 5) is 12.1. The minimum absolute atomic E-state index is 0.144. The number of nitrogens with one attached hydrogen (secondary N) is 1. The fraction of sp³-hybridized carbons (Fsp3) is 0.444. The molecule has 0 saturated heterocycles. The van der Waals surface area contributed by atoms with Crippen LogP contribution in [-0.2, 0) is 10.0 Å². The molecular formula is C9H14N2O4S2. The van der Waals surface area contributed by atoms with Gasteiger partial charge in [-0.05, 0) is 17.9 Å². The molecule has 1 amide bonds. The van der Waals surface area contributed by atoms with E-state index in [0.29, 0.717) is 10.6 Å². The number of sulfonamides is 1. The Hall–Kier alpha value is -1.12. The second-order valence-electron chi connectivity index (χ2n) is 3.29. The Morgan fingerprint density at radius 3 is 2.88 bits per heavy atom. The van der Waals surface area contributed by atoms with Gasteiger partial charge in [-0.1, -0.05) is 0 Å². The third kappa shape index (κ3) is 4.72. The highest BCUT2D eigenvalue weighted by atomic mass is 32.2. The van der Waals surface area contributed by atoms with Crippen LogP contribution in [0, 0.1) is 0 Å². The third-order valence-corrected chi connectivity index (χ3v) is 3.70. The number of amides is 1. The first-order valence-corrected chi connectivity index (χ1v) is 7.43. The van der Waals surface area contributed by atoms with E-state index in [2.05, 4.69) is 5.32 Å². The molecule has 0 aromatic carbocycles. The lowest BCUT2D eigenvalue weighted by Gasteiger charge is -2.04. The van der Waals surface area contributed by atoms with Crippen LogP contribution in [0.1, 0.15) is 16.1 Å². The van der Waals surface area contributed by atoms with Gasteiger partial charge in [-0.15, -0.1) is 11.3 Å². The van der Waals surface area contributed by atoms with Gasteiger partial charge in [0.25, 0.3) is 5.91 Å². The summed E-state index contributed by atoms with van der Waals surface area (Å²) in [6.07, 6.45) is 0.290. The summed E-state index contributed by atoms with van der Waals surface area (Å²) in [6, 6.07) is 1.70. The molecule has 0 unspecified atom stereocenters. The first-order valence-electron chi connectivity index (χ1n) is 4.84. The monoisotopic (exact) mass is 278 g/mol. The Morgan fingerprint density at radius 2 is 2.29 bits per heavy atom. The highest BCUT2D eigenvalue weighted by Crippen LogP contribution is 2.23. The Kier molecular flexibility index (Phi) is 4.91. The predicted octanol–water partition coefficient (Wildman–Crippen LogP) is 0.165. The summed E-state index contributed by atoms with van der Waals surface area (Å²) in [5.41, 5.74) is 0. The quantitative estimate of drug-likeness (QED) is 0.724. The van der Waals surface area contributed by atoms with E-state index in [1.54, 1.807) is 11.4 Å². The van der Waals surface area contributed by atoms with Gasteiger partial charge in [0.1, 0.15) is 10.6 Å². The van der Waals surface area contributed by atoms with Gasteiger partial charge >= 0.3 is 0 Å². The van der Waals surface area contributed by atoms with Crippen LogP contribution in [0.25, 0.3) is 0 Å². The number of rotatable bonds is 6. The van der Waals surface area contributed by atoms with E-state index in [0.717, 1.165) is 0 Å². The number of thiophene rings is 1. The highest BCUT2D eigenvalue weighted by Gasteiger charge is 2.13. The van der Waals surface area contributed by atoms with Gasteiger partial charge in [0, 0.05) is 6.54 Å². The van der Waals surface area contributed by atoms with E-state index in [4.69, 9.17) is 9.88 Å². The van der Waals surface area contributed by atoms with Crippen molar-refractivity contribution in [2.24, 2.45) is 5.14 Å². The molecule has 1 rings (SSSR count). The van der Waals surface area contributed by atoms with Crippen LogP contribution in [-0.4, -0.2) is 33.7 Å². The normalized spacial score (nSPS) is 11.2. The van der Waals surface area contributed by atoms with Gasteiger partial charge in [0.05, 0.1) is 12.9 Å². The molecule has 0 aliphatic rings. The maximum Gasteiger partial charge on any atom is 0.265 e. The molecule has 1 aromatic heterocycles. The van der Waals surface area contributed by atoms with E-state index in [9.17, 15) is 13.2 Å². The lowest BCUT2D eigenvalue weighted by atomic mass is 10.4. The van der Waals surface area contributed by atoms with Crippen LogP contribution in [0.5, 0.6) is 5.75 Å². The lowest BCUT2D eigenvalue weighted by Crippen LogP contribution is -2.27. The van der Waals surface area contributed by atoms with Gasteiger partial charge in [-0.25, -0.2) is 13.6 Å². The van der Waals surface area contributed by atoms with Gasteiger partial charge < -0.3 is 10.1 Å². The molecule has 1 aromatic rings. The second-order valence-corrected chi connectivity index (χ2v) is 5.94. The number of ether oxygens (including phenoxy) is 1. The molecule has 0 aliphatic heterocycles. The Morgan fingerprint density at radius 1 is 1.59 bits per heavy atom. The Balaban J connectivity index is 2.41. The van der Waals surface area contributed by atoms with Gasteiger partial charge in [-0.2, -0.15) is 0 Å². The van der Waals surface area contributed by atoms with Crippen LogP contribution < -0.4 is 15.2 Å². The maximum atomic E-state index is 11.6. The number of carbonyl (C=O) groups excluding carboxylic acids is 1. The number of nitrogens with two attached hydrogens (primary N) is 1. The van der Waals surface area contributed by atoms with Crippen molar-refractivity contribution in [3.05, 3.63) is 16.3 Å². The molecule has 6 nitrogen and oxygen atoms in total. The van der Waals surface area contributed by atoms with E-state index in [1.807, 2.05) is 0 Å². The summed E-state index contributed by atoms with van der Waals surface area (Å²) in [5.74, 6) is 0.0969. The lowest BCUT2D eigenvalue weighted by molar-refractivity contribution is 0.0955. The number of methoxy groups -OCH3 is 1. The average molecular weight is 278 g/mol. The summed E-state index contributed by atoms with van der Waals surface area (Å²) in [7, 11) is -1.98. The minimum Gasteiger partial charge on any atom is -0.495 e. The summed E-state index contributed by atoms with van der Waals surface area (Å²) < 4.78 is 26.3. The van der Waals surface area contributed by atoms with E-state index in [-0.39, 0.29) is 24.6 Å². The van der Waals surface area contributed by atoms with Crippen molar-refractivity contribution >= 4 is 27.3 Å². The maximum absolute atomic E-state index is 11.6. The van der Waals surface area contributed by atoms with Crippen molar-refractivity contribution in [1.82, 2.24) is 5.32 Å². The molecule has 3 N–H and O–H groups in total. The molecule has 0 bridgehead atoms. The molecule has 0 fully saturated rings. The van der Waals surface area contributed by atoms with Gasteiger partial charge in [-0.3, -0.25) is 4.79 Å². The molecule has 0 aliphatic carbocycles. The van der Waals surface area contributed by atoms with Crippen LogP contribution in [0.3, 0.4) is 0 Å². The zero-order valence-electron chi connectivity index (χ0n) is 9.30. The summed E-state index contributed by atoms with van der Waals surface area (Å²) >= 11 is 1.27. The van der Waals surface area contributed by atoms with Crippen LogP contribution in [0.4, 0.5) is 0 Å². The van der Waals surface area contributed by atoms with Crippen LogP contribution >= 0.6 is 11.3 Å². The molecule has 0 radical (unpaired) electrons. The van der Waals surface area contributed by atoms with Gasteiger partial charge in [0.2, 0.25) is 10.0 Å². The van der Waals surface area contributed by atoms with Crippen molar-refractivity contribution in [3.8, 4) is 5.75 Å². The Bertz CT molecular complexity index is 481. The Labute approximate surface area is 104 Å². The topological polar surface area (TPSA) is 98.5 Å². The van der Waals surface area contributed by atoms with E-state index in [1.165, 1.54) is 18.4 Å². The zero-order chi connectivity index (χ0) is 12.9. The standard InChI is InChI=1S/C9H14N2O4S2/c1-15-7-3-5-16-8(7)9(12)11-4-2-6-17(10,13)14/h3,5H,2,4,6H2,1H3,(H,11,12)(H2,10,13,14). The van der Waals surface area contributed by atoms with Crippen molar-refractivity contribution in [1.29, 1.82) is 0 Å². The van der Waals surface area contributed by atoms with Crippen molar-refractivity contribution in [2.75, 3.05) is 19.4 Å². The molecular weight excluding hydrogens is 264 g/mol. The zero-order valence-corrected chi connectivity index (χ0v) is 10.9. The molecule has 0 atom stereocenters. The number of primary sulfonamides is 1. The summed E-state index contributed by atoms with van der Waals surface area (Å²) in [6.45, 7) is 0.260. The van der Waals surface area contributed by atoms with Crippen molar-refractivity contribution in [2.45, 2.75) is 6.42 Å². The first kappa shape index (κ1) is 13.9. The number of carbonyl (C=O) groups is 1. The SMILES string of the molecule is COc1ccsc1C(=O)NCCCS(N)(=O)=O. The first-order chi connectivity index (χ1) is 7.94. The summed E-state index contributed by atoms with van der Waals surface area (Å²) in [5, 5.41) is 9.19. The van der Waals surface area contributed by atoms with Gasteiger partial charge in [0.15, 0.2) is 0 Å². The smallest absolute Gasteiger partial charge is 0.265 e. The minimum atomic E-state index is -3.46.